The molecular formula is C17H20N2O3. The molecule has 5 heteroatoms. The highest BCUT2D eigenvalue weighted by Crippen LogP contribution is 2.43. The largest absolute Gasteiger partial charge is 0.492 e. The molecule has 5 nitrogen and oxygen atoms in total. The summed E-state index contributed by atoms with van der Waals surface area (Å²) in [6, 6.07) is 4.17. The zero-order valence-electron chi connectivity index (χ0n) is 13.3. The molecule has 0 bridgehead atoms. The van der Waals surface area contributed by atoms with E-state index in [9.17, 15) is 9.90 Å². The van der Waals surface area contributed by atoms with Gasteiger partial charge in [0.1, 0.15) is 5.75 Å². The minimum absolute atomic E-state index is 0.128. The summed E-state index contributed by atoms with van der Waals surface area (Å²) in [5, 5.41) is 13.6. The topological polar surface area (TPSA) is 64.3 Å². The Kier molecular flexibility index (Phi) is 3.43. The fraction of sp³-hybridized carbons (Fsp3) is 0.412. The fourth-order valence-electron chi connectivity index (χ4n) is 3.15. The summed E-state index contributed by atoms with van der Waals surface area (Å²) in [5.74, 6) is 0.217. The number of carboxylic acids is 1. The van der Waals surface area contributed by atoms with Gasteiger partial charge < -0.3 is 9.84 Å². The number of aromatic nitrogens is 2. The maximum absolute atomic E-state index is 11.5. The Morgan fingerprint density at radius 1 is 1.41 bits per heavy atom. The number of hydrogen-bond donors (Lipinski definition) is 1. The average Bonchev–Trinajstić information content (AvgIpc) is 2.65. The van der Waals surface area contributed by atoms with Gasteiger partial charge in [0.25, 0.3) is 0 Å². The van der Waals surface area contributed by atoms with Crippen molar-refractivity contribution in [3.8, 4) is 17.0 Å². The van der Waals surface area contributed by atoms with Crippen LogP contribution in [0.2, 0.25) is 0 Å². The lowest BCUT2D eigenvalue weighted by Crippen LogP contribution is -2.06. The molecule has 22 heavy (non-hydrogen) atoms. The maximum Gasteiger partial charge on any atom is 0.356 e. The van der Waals surface area contributed by atoms with Crippen molar-refractivity contribution in [2.75, 3.05) is 6.61 Å². The minimum atomic E-state index is -0.988. The number of aromatic carboxylic acids is 1. The second-order valence-electron chi connectivity index (χ2n) is 6.03. The number of ether oxygens (including phenoxy) is 1. The summed E-state index contributed by atoms with van der Waals surface area (Å²) in [6.45, 7) is 6.75. The SMILES string of the molecule is Cc1ccc(C(C)C)c2c1-c1c(c(C(=O)O)nn1C)CCO2. The normalized spacial score (nSPS) is 13.3. The third kappa shape index (κ3) is 2.08. The van der Waals surface area contributed by atoms with Crippen LogP contribution in [0.15, 0.2) is 12.1 Å². The van der Waals surface area contributed by atoms with Crippen molar-refractivity contribution in [1.82, 2.24) is 9.78 Å². The Balaban J connectivity index is 2.36. The molecule has 1 N–H and O–H groups in total. The molecule has 0 aliphatic carbocycles. The molecule has 2 heterocycles. The number of fused-ring (bicyclic) bond motifs is 3. The highest BCUT2D eigenvalue weighted by molar-refractivity contribution is 5.91. The van der Waals surface area contributed by atoms with Crippen molar-refractivity contribution in [2.45, 2.75) is 33.1 Å². The average molecular weight is 300 g/mol. The van der Waals surface area contributed by atoms with Crippen molar-refractivity contribution in [2.24, 2.45) is 7.05 Å². The monoisotopic (exact) mass is 300 g/mol. The molecule has 0 atom stereocenters. The molecule has 1 aliphatic rings. The Hall–Kier alpha value is -2.30. The summed E-state index contributed by atoms with van der Waals surface area (Å²) in [7, 11) is 1.79. The third-order valence-corrected chi connectivity index (χ3v) is 4.20. The molecule has 0 amide bonds. The van der Waals surface area contributed by atoms with E-state index >= 15 is 0 Å². The van der Waals surface area contributed by atoms with Gasteiger partial charge in [-0.1, -0.05) is 26.0 Å². The predicted molar refractivity (Wildman–Crippen MR) is 83.6 cm³/mol. The first-order chi connectivity index (χ1) is 10.4. The van der Waals surface area contributed by atoms with Crippen LogP contribution in [-0.4, -0.2) is 27.5 Å². The van der Waals surface area contributed by atoms with E-state index in [1.165, 1.54) is 0 Å². The summed E-state index contributed by atoms with van der Waals surface area (Å²) in [5.41, 5.74) is 4.95. The van der Waals surface area contributed by atoms with Gasteiger partial charge in [0.05, 0.1) is 12.3 Å². The second-order valence-corrected chi connectivity index (χ2v) is 6.03. The van der Waals surface area contributed by atoms with E-state index in [-0.39, 0.29) is 5.69 Å². The fourth-order valence-corrected chi connectivity index (χ4v) is 3.15. The van der Waals surface area contributed by atoms with Crippen molar-refractivity contribution in [3.63, 3.8) is 0 Å². The van der Waals surface area contributed by atoms with E-state index in [1.807, 2.05) is 6.92 Å². The van der Waals surface area contributed by atoms with Gasteiger partial charge in [-0.05, 0) is 24.0 Å². The number of aryl methyl sites for hydroxylation is 2. The lowest BCUT2D eigenvalue weighted by molar-refractivity contribution is 0.0688. The van der Waals surface area contributed by atoms with Crippen LogP contribution in [-0.2, 0) is 13.5 Å². The van der Waals surface area contributed by atoms with Gasteiger partial charge in [-0.3, -0.25) is 4.68 Å². The smallest absolute Gasteiger partial charge is 0.356 e. The van der Waals surface area contributed by atoms with Gasteiger partial charge in [0, 0.05) is 24.6 Å². The molecule has 0 fully saturated rings. The lowest BCUT2D eigenvalue weighted by Gasteiger charge is -2.18. The van der Waals surface area contributed by atoms with Crippen molar-refractivity contribution in [1.29, 1.82) is 0 Å². The van der Waals surface area contributed by atoms with Crippen molar-refractivity contribution in [3.05, 3.63) is 34.5 Å². The number of hydrogen-bond acceptors (Lipinski definition) is 3. The van der Waals surface area contributed by atoms with Gasteiger partial charge in [0.15, 0.2) is 5.69 Å². The predicted octanol–water partition coefficient (Wildman–Crippen LogP) is 3.15. The van der Waals surface area contributed by atoms with Gasteiger partial charge in [-0.15, -0.1) is 0 Å². The molecule has 0 saturated heterocycles. The van der Waals surface area contributed by atoms with Crippen molar-refractivity contribution >= 4 is 5.97 Å². The molecule has 1 aromatic carbocycles. The molecule has 1 aromatic heterocycles. The first-order valence-corrected chi connectivity index (χ1v) is 7.47. The van der Waals surface area contributed by atoms with E-state index in [0.717, 1.165) is 33.7 Å². The zero-order chi connectivity index (χ0) is 16.0. The number of rotatable bonds is 2. The first kappa shape index (κ1) is 14.6. The number of nitrogens with zero attached hydrogens (tertiary/aromatic N) is 2. The van der Waals surface area contributed by atoms with E-state index < -0.39 is 5.97 Å². The molecule has 0 unspecified atom stereocenters. The summed E-state index contributed by atoms with van der Waals surface area (Å²) >= 11 is 0. The van der Waals surface area contributed by atoms with Crippen LogP contribution in [0.5, 0.6) is 5.75 Å². The standard InChI is InChI=1S/C17H20N2O3/c1-9(2)11-6-5-10(3)13-15-12(7-8-22-16(11)13)14(17(20)21)18-19(15)4/h5-6,9H,7-8H2,1-4H3,(H,20,21). The summed E-state index contributed by atoms with van der Waals surface area (Å²) in [4.78, 5) is 11.5. The molecular weight excluding hydrogens is 280 g/mol. The number of benzene rings is 1. The zero-order valence-corrected chi connectivity index (χ0v) is 13.3. The Morgan fingerprint density at radius 3 is 2.77 bits per heavy atom. The lowest BCUT2D eigenvalue weighted by atomic mass is 9.93. The molecule has 2 aromatic rings. The van der Waals surface area contributed by atoms with Crippen LogP contribution in [0.1, 0.15) is 46.9 Å². The van der Waals surface area contributed by atoms with Gasteiger partial charge in [-0.2, -0.15) is 5.10 Å². The quantitative estimate of drug-likeness (QED) is 0.925. The number of carbonyl (C=O) groups is 1. The molecule has 0 spiro atoms. The molecule has 3 rings (SSSR count). The second kappa shape index (κ2) is 5.16. The first-order valence-electron chi connectivity index (χ1n) is 7.47. The molecule has 1 aliphatic heterocycles. The van der Waals surface area contributed by atoms with Gasteiger partial charge in [-0.25, -0.2) is 4.79 Å². The van der Waals surface area contributed by atoms with Crippen LogP contribution in [0.4, 0.5) is 0 Å². The van der Waals surface area contributed by atoms with E-state index in [2.05, 4.69) is 31.1 Å². The van der Waals surface area contributed by atoms with Crippen LogP contribution in [0.3, 0.4) is 0 Å². The minimum Gasteiger partial charge on any atom is -0.492 e. The van der Waals surface area contributed by atoms with Crippen LogP contribution >= 0.6 is 0 Å². The van der Waals surface area contributed by atoms with E-state index in [1.54, 1.807) is 11.7 Å². The van der Waals surface area contributed by atoms with Crippen LogP contribution < -0.4 is 4.74 Å². The molecule has 0 saturated carbocycles. The Labute approximate surface area is 129 Å². The third-order valence-electron chi connectivity index (χ3n) is 4.20. The Morgan fingerprint density at radius 2 is 2.14 bits per heavy atom. The summed E-state index contributed by atoms with van der Waals surface area (Å²) in [6.07, 6.45) is 0.552. The molecule has 0 radical (unpaired) electrons. The molecule has 116 valence electrons. The van der Waals surface area contributed by atoms with Crippen LogP contribution in [0, 0.1) is 6.92 Å². The van der Waals surface area contributed by atoms with Gasteiger partial charge >= 0.3 is 5.97 Å². The van der Waals surface area contributed by atoms with E-state index in [0.29, 0.717) is 18.9 Å². The van der Waals surface area contributed by atoms with Crippen LogP contribution in [0.25, 0.3) is 11.3 Å². The maximum atomic E-state index is 11.5. The van der Waals surface area contributed by atoms with E-state index in [4.69, 9.17) is 4.74 Å². The van der Waals surface area contributed by atoms with Crippen molar-refractivity contribution < 1.29 is 14.6 Å². The Bertz CT molecular complexity index is 760. The highest BCUT2D eigenvalue weighted by atomic mass is 16.5. The highest BCUT2D eigenvalue weighted by Gasteiger charge is 2.29. The number of carboxylic acid groups (broad SMARTS) is 1. The van der Waals surface area contributed by atoms with Gasteiger partial charge in [0.2, 0.25) is 0 Å². The summed E-state index contributed by atoms with van der Waals surface area (Å²) < 4.78 is 7.69.